The van der Waals surface area contributed by atoms with Gasteiger partial charge in [0.05, 0.1) is 4.90 Å². The van der Waals surface area contributed by atoms with Gasteiger partial charge in [-0.1, -0.05) is 24.3 Å². The molecule has 0 spiro atoms. The molecule has 0 radical (unpaired) electrons. The summed E-state index contributed by atoms with van der Waals surface area (Å²) in [6.07, 6.45) is 2.02. The molecule has 0 fully saturated rings. The van der Waals surface area contributed by atoms with Gasteiger partial charge in [0.1, 0.15) is 0 Å². The summed E-state index contributed by atoms with van der Waals surface area (Å²) >= 11 is 1.67. The summed E-state index contributed by atoms with van der Waals surface area (Å²) in [4.78, 5) is 1.56. The second kappa shape index (κ2) is 6.86. The second-order valence-electron chi connectivity index (χ2n) is 5.38. The molecule has 2 aromatic carbocycles. The molecule has 3 nitrogen and oxygen atoms in total. The minimum absolute atomic E-state index is 0.365. The lowest BCUT2D eigenvalue weighted by Crippen LogP contribution is -2.27. The van der Waals surface area contributed by atoms with Crippen molar-refractivity contribution in [3.8, 4) is 0 Å². The van der Waals surface area contributed by atoms with Gasteiger partial charge in [-0.15, -0.1) is 11.8 Å². The van der Waals surface area contributed by atoms with Crippen LogP contribution in [-0.4, -0.2) is 26.0 Å². The van der Waals surface area contributed by atoms with Crippen molar-refractivity contribution in [2.75, 3.05) is 13.3 Å². The topological polar surface area (TPSA) is 37.4 Å². The Bertz CT molecular complexity index is 753. The number of nitrogens with zero attached hydrogens (tertiary/aromatic N) is 1. The van der Waals surface area contributed by atoms with Gasteiger partial charge >= 0.3 is 0 Å². The third-order valence-electron chi connectivity index (χ3n) is 3.60. The first kappa shape index (κ1) is 17.1. The molecule has 0 unspecified atom stereocenters. The Hall–Kier alpha value is -1.30. The smallest absolute Gasteiger partial charge is 0.207 e. The van der Waals surface area contributed by atoms with Crippen LogP contribution in [0.5, 0.6) is 0 Å². The fourth-order valence-corrected chi connectivity index (χ4v) is 4.10. The van der Waals surface area contributed by atoms with Crippen LogP contribution < -0.4 is 0 Å². The van der Waals surface area contributed by atoms with Gasteiger partial charge < -0.3 is 0 Å². The van der Waals surface area contributed by atoms with Crippen LogP contribution in [0, 0.1) is 13.8 Å². The summed E-state index contributed by atoms with van der Waals surface area (Å²) in [6, 6.07) is 13.5. The van der Waals surface area contributed by atoms with Gasteiger partial charge in [-0.05, 0) is 55.0 Å². The van der Waals surface area contributed by atoms with E-state index in [1.54, 1.807) is 24.9 Å². The van der Waals surface area contributed by atoms with Gasteiger partial charge in [-0.2, -0.15) is 4.31 Å². The maximum Gasteiger partial charge on any atom is 0.243 e. The fourth-order valence-electron chi connectivity index (χ4n) is 2.23. The molecule has 0 saturated heterocycles. The first-order valence-electron chi connectivity index (χ1n) is 7.01. The van der Waals surface area contributed by atoms with Gasteiger partial charge in [0, 0.05) is 18.5 Å². The highest BCUT2D eigenvalue weighted by Gasteiger charge is 2.22. The predicted molar refractivity (Wildman–Crippen MR) is 92.8 cm³/mol. The monoisotopic (exact) mass is 335 g/mol. The standard InChI is InChI=1S/C17H21NO2S2/c1-13-5-6-14(2)17(11-13)22(19,20)18(3)12-15-7-9-16(21-4)10-8-15/h5-11H,12H2,1-4H3. The van der Waals surface area contributed by atoms with Crippen molar-refractivity contribution in [1.29, 1.82) is 0 Å². The maximum absolute atomic E-state index is 12.8. The number of rotatable bonds is 5. The molecule has 0 bridgehead atoms. The molecule has 0 N–H and O–H groups in total. The first-order chi connectivity index (χ1) is 10.3. The molecular weight excluding hydrogens is 314 g/mol. The highest BCUT2D eigenvalue weighted by Crippen LogP contribution is 2.22. The third-order valence-corrected chi connectivity index (χ3v) is 6.29. The van der Waals surface area contributed by atoms with Gasteiger partial charge in [0.25, 0.3) is 0 Å². The Morgan fingerprint density at radius 1 is 1.05 bits per heavy atom. The van der Waals surface area contributed by atoms with Crippen LogP contribution in [0.25, 0.3) is 0 Å². The number of benzene rings is 2. The van der Waals surface area contributed by atoms with Crippen LogP contribution in [0.2, 0.25) is 0 Å². The van der Waals surface area contributed by atoms with Gasteiger partial charge in [0.2, 0.25) is 10.0 Å². The first-order valence-corrected chi connectivity index (χ1v) is 9.67. The molecule has 0 heterocycles. The van der Waals surface area contributed by atoms with Crippen molar-refractivity contribution >= 4 is 21.8 Å². The zero-order chi connectivity index (χ0) is 16.3. The van der Waals surface area contributed by atoms with E-state index in [-0.39, 0.29) is 0 Å². The SMILES string of the molecule is CSc1ccc(CN(C)S(=O)(=O)c2cc(C)ccc2C)cc1. The molecule has 0 aliphatic rings. The molecule has 0 aliphatic heterocycles. The number of sulfonamides is 1. The summed E-state index contributed by atoms with van der Waals surface area (Å²) in [6.45, 7) is 4.09. The van der Waals surface area contributed by atoms with Crippen molar-refractivity contribution in [3.63, 3.8) is 0 Å². The van der Waals surface area contributed by atoms with Gasteiger partial charge in [0.15, 0.2) is 0 Å². The van der Waals surface area contributed by atoms with E-state index in [2.05, 4.69) is 0 Å². The summed E-state index contributed by atoms with van der Waals surface area (Å²) in [5.74, 6) is 0. The van der Waals surface area contributed by atoms with Gasteiger partial charge in [-0.3, -0.25) is 0 Å². The molecule has 0 amide bonds. The average Bonchev–Trinajstić information content (AvgIpc) is 2.50. The lowest BCUT2D eigenvalue weighted by molar-refractivity contribution is 0.466. The molecule has 22 heavy (non-hydrogen) atoms. The number of aryl methyl sites for hydroxylation is 2. The predicted octanol–water partition coefficient (Wildman–Crippen LogP) is 3.85. The Labute approximate surface area is 137 Å². The van der Waals surface area contributed by atoms with E-state index in [4.69, 9.17) is 0 Å². The molecule has 0 aliphatic carbocycles. The summed E-state index contributed by atoms with van der Waals surface area (Å²) < 4.78 is 26.9. The van der Waals surface area contributed by atoms with Crippen LogP contribution in [0.15, 0.2) is 52.3 Å². The van der Waals surface area contributed by atoms with Crippen molar-refractivity contribution in [3.05, 3.63) is 59.2 Å². The minimum Gasteiger partial charge on any atom is -0.207 e. The van der Waals surface area contributed by atoms with Crippen molar-refractivity contribution in [2.24, 2.45) is 0 Å². The highest BCUT2D eigenvalue weighted by atomic mass is 32.2. The molecule has 5 heteroatoms. The Morgan fingerprint density at radius 3 is 2.27 bits per heavy atom. The van der Waals surface area contributed by atoms with Crippen LogP contribution >= 0.6 is 11.8 Å². The number of hydrogen-bond donors (Lipinski definition) is 0. The fraction of sp³-hybridized carbons (Fsp3) is 0.294. The van der Waals surface area contributed by atoms with E-state index in [0.29, 0.717) is 11.4 Å². The number of hydrogen-bond acceptors (Lipinski definition) is 3. The molecule has 0 aromatic heterocycles. The van der Waals surface area contributed by atoms with Crippen molar-refractivity contribution in [2.45, 2.75) is 30.2 Å². The zero-order valence-corrected chi connectivity index (χ0v) is 15.0. The van der Waals surface area contributed by atoms with Crippen LogP contribution in [0.1, 0.15) is 16.7 Å². The van der Waals surface area contributed by atoms with Crippen LogP contribution in [0.4, 0.5) is 0 Å². The van der Waals surface area contributed by atoms with E-state index in [1.807, 2.05) is 56.5 Å². The van der Waals surface area contributed by atoms with Crippen LogP contribution in [0.3, 0.4) is 0 Å². The molecule has 2 aromatic rings. The third kappa shape index (κ3) is 3.72. The minimum atomic E-state index is -3.48. The van der Waals surface area contributed by atoms with E-state index in [9.17, 15) is 8.42 Å². The van der Waals surface area contributed by atoms with E-state index in [0.717, 1.165) is 16.7 Å². The summed E-state index contributed by atoms with van der Waals surface area (Å²) in [7, 11) is -1.85. The van der Waals surface area contributed by atoms with E-state index < -0.39 is 10.0 Å². The summed E-state index contributed by atoms with van der Waals surface area (Å²) in [5.41, 5.74) is 2.70. The normalized spacial score (nSPS) is 11.9. The molecule has 118 valence electrons. The van der Waals surface area contributed by atoms with Crippen molar-refractivity contribution in [1.82, 2.24) is 4.31 Å². The Balaban J connectivity index is 2.26. The van der Waals surface area contributed by atoms with Gasteiger partial charge in [-0.25, -0.2) is 8.42 Å². The second-order valence-corrected chi connectivity index (χ2v) is 8.27. The maximum atomic E-state index is 12.8. The molecule has 0 atom stereocenters. The molecule has 0 saturated carbocycles. The lowest BCUT2D eigenvalue weighted by atomic mass is 10.2. The highest BCUT2D eigenvalue weighted by molar-refractivity contribution is 7.98. The lowest BCUT2D eigenvalue weighted by Gasteiger charge is -2.19. The zero-order valence-electron chi connectivity index (χ0n) is 13.3. The number of thioether (sulfide) groups is 1. The quantitative estimate of drug-likeness (QED) is 0.779. The largest absolute Gasteiger partial charge is 0.243 e. The Kier molecular flexibility index (Phi) is 5.32. The van der Waals surface area contributed by atoms with E-state index in [1.165, 1.54) is 9.20 Å². The molecular formula is C17H21NO2S2. The average molecular weight is 335 g/mol. The Morgan fingerprint density at radius 2 is 1.68 bits per heavy atom. The van der Waals surface area contributed by atoms with Crippen molar-refractivity contribution < 1.29 is 8.42 Å². The summed E-state index contributed by atoms with van der Waals surface area (Å²) in [5, 5.41) is 0. The van der Waals surface area contributed by atoms with E-state index >= 15 is 0 Å². The van der Waals surface area contributed by atoms with Crippen LogP contribution in [-0.2, 0) is 16.6 Å². The molecule has 2 rings (SSSR count).